The summed E-state index contributed by atoms with van der Waals surface area (Å²) in [5.41, 5.74) is 3.27. The van der Waals surface area contributed by atoms with Gasteiger partial charge in [0.1, 0.15) is 5.82 Å². The van der Waals surface area contributed by atoms with Crippen molar-refractivity contribution in [1.82, 2.24) is 4.98 Å². The van der Waals surface area contributed by atoms with Crippen LogP contribution in [0.3, 0.4) is 0 Å². The smallest absolute Gasteiger partial charge is 0.387 e. The SMILES string of the molecule is [O-][n+]1ccc(CC(c2ccc(NCCc3ccccc3)nc2)c2ccc(OC(F)F)c(OC(F)F)c2)cc1. The highest BCUT2D eigenvalue weighted by molar-refractivity contribution is 5.47. The summed E-state index contributed by atoms with van der Waals surface area (Å²) in [5.74, 6) is -0.742. The van der Waals surface area contributed by atoms with Crippen LogP contribution >= 0.6 is 0 Å². The second-order valence-electron chi connectivity index (χ2n) is 8.43. The quantitative estimate of drug-likeness (QED) is 0.140. The van der Waals surface area contributed by atoms with Crippen LogP contribution in [0.4, 0.5) is 23.4 Å². The molecule has 2 aromatic carbocycles. The van der Waals surface area contributed by atoms with Crippen molar-refractivity contribution in [2.75, 3.05) is 11.9 Å². The number of benzene rings is 2. The van der Waals surface area contributed by atoms with E-state index in [0.717, 1.165) is 17.5 Å². The minimum absolute atomic E-state index is 0.381. The number of anilines is 1. The zero-order chi connectivity index (χ0) is 26.9. The first-order valence-electron chi connectivity index (χ1n) is 11.8. The summed E-state index contributed by atoms with van der Waals surface area (Å²) in [7, 11) is 0. The van der Waals surface area contributed by atoms with Crippen LogP contribution in [0.25, 0.3) is 0 Å². The van der Waals surface area contributed by atoms with Gasteiger partial charge in [0.2, 0.25) is 0 Å². The van der Waals surface area contributed by atoms with Gasteiger partial charge in [-0.1, -0.05) is 42.5 Å². The molecule has 1 atom stereocenters. The maximum Gasteiger partial charge on any atom is 0.387 e. The molecule has 0 saturated carbocycles. The maximum atomic E-state index is 13.0. The van der Waals surface area contributed by atoms with Crippen molar-refractivity contribution in [3.63, 3.8) is 0 Å². The zero-order valence-corrected chi connectivity index (χ0v) is 20.1. The van der Waals surface area contributed by atoms with Gasteiger partial charge in [-0.25, -0.2) is 4.98 Å². The molecule has 0 aliphatic carbocycles. The molecule has 0 spiro atoms. The molecule has 1 N–H and O–H groups in total. The first kappa shape index (κ1) is 26.7. The molecule has 4 aromatic rings. The molecule has 4 rings (SSSR count). The van der Waals surface area contributed by atoms with Gasteiger partial charge < -0.3 is 20.0 Å². The van der Waals surface area contributed by atoms with E-state index in [1.54, 1.807) is 18.3 Å². The number of hydrogen-bond acceptors (Lipinski definition) is 5. The molecule has 0 aliphatic rings. The Labute approximate surface area is 217 Å². The van der Waals surface area contributed by atoms with E-state index in [1.807, 2.05) is 42.5 Å². The van der Waals surface area contributed by atoms with Crippen LogP contribution in [-0.2, 0) is 12.8 Å². The normalized spacial score (nSPS) is 11.9. The number of ether oxygens (including phenoxy) is 2. The molecule has 2 aromatic heterocycles. The number of nitrogens with zero attached hydrogens (tertiary/aromatic N) is 2. The van der Waals surface area contributed by atoms with Crippen molar-refractivity contribution in [3.8, 4) is 11.5 Å². The molecule has 6 nitrogen and oxygen atoms in total. The molecular formula is C28H25F4N3O3. The number of nitrogens with one attached hydrogen (secondary N) is 1. The van der Waals surface area contributed by atoms with E-state index >= 15 is 0 Å². The minimum atomic E-state index is -3.23. The summed E-state index contributed by atoms with van der Waals surface area (Å²) in [6.07, 6.45) is 5.58. The van der Waals surface area contributed by atoms with E-state index in [-0.39, 0.29) is 0 Å². The van der Waals surface area contributed by atoms with E-state index in [2.05, 4.69) is 19.8 Å². The fourth-order valence-electron chi connectivity index (χ4n) is 4.06. The van der Waals surface area contributed by atoms with Crippen LogP contribution in [0.2, 0.25) is 0 Å². The fourth-order valence-corrected chi connectivity index (χ4v) is 4.06. The Bertz CT molecular complexity index is 1290. The Morgan fingerprint density at radius 1 is 0.789 bits per heavy atom. The van der Waals surface area contributed by atoms with Crippen molar-refractivity contribution < 1.29 is 31.8 Å². The molecule has 0 aliphatic heterocycles. The first-order valence-corrected chi connectivity index (χ1v) is 11.8. The monoisotopic (exact) mass is 527 g/mol. The summed E-state index contributed by atoms with van der Waals surface area (Å²) in [6, 6.07) is 20.9. The highest BCUT2D eigenvalue weighted by atomic mass is 19.3. The second kappa shape index (κ2) is 12.8. The zero-order valence-electron chi connectivity index (χ0n) is 20.1. The topological polar surface area (TPSA) is 70.3 Å². The van der Waals surface area contributed by atoms with Crippen molar-refractivity contribution in [2.24, 2.45) is 0 Å². The minimum Gasteiger partial charge on any atom is -0.619 e. The lowest BCUT2D eigenvalue weighted by Gasteiger charge is -2.20. The molecular weight excluding hydrogens is 502 g/mol. The van der Waals surface area contributed by atoms with Crippen LogP contribution < -0.4 is 19.5 Å². The molecule has 0 saturated heterocycles. The number of rotatable bonds is 12. The fraction of sp³-hybridized carbons (Fsp3) is 0.214. The van der Waals surface area contributed by atoms with Crippen molar-refractivity contribution in [2.45, 2.75) is 32.0 Å². The van der Waals surface area contributed by atoms with Gasteiger partial charge in [-0.15, -0.1) is 0 Å². The van der Waals surface area contributed by atoms with Crippen molar-refractivity contribution >= 4 is 5.82 Å². The standard InChI is InChI=1S/C28H25F4N3O3/c29-27(30)37-24-8-6-21(17-25(24)38-28(31)32)23(16-20-11-14-35(36)15-12-20)22-7-9-26(34-18-22)33-13-10-19-4-2-1-3-5-19/h1-9,11-12,14-15,17-18,23,27-28H,10,13,16H2,(H,33,34). The van der Waals surface area contributed by atoms with Crippen molar-refractivity contribution in [1.29, 1.82) is 0 Å². The molecule has 1 unspecified atom stereocenters. The highest BCUT2D eigenvalue weighted by Gasteiger charge is 2.21. The molecule has 198 valence electrons. The third-order valence-electron chi connectivity index (χ3n) is 5.86. The predicted molar refractivity (Wildman–Crippen MR) is 134 cm³/mol. The van der Waals surface area contributed by atoms with Crippen molar-refractivity contribution in [3.05, 3.63) is 119 Å². The predicted octanol–water partition coefficient (Wildman–Crippen LogP) is 5.95. The number of pyridine rings is 2. The van der Waals surface area contributed by atoms with E-state index in [9.17, 15) is 22.8 Å². The van der Waals surface area contributed by atoms with Gasteiger partial charge >= 0.3 is 13.2 Å². The van der Waals surface area contributed by atoms with Gasteiger partial charge in [0.25, 0.3) is 0 Å². The molecule has 38 heavy (non-hydrogen) atoms. The Hall–Kier alpha value is -4.34. The molecule has 10 heteroatoms. The molecule has 2 heterocycles. The van der Waals surface area contributed by atoms with E-state index in [0.29, 0.717) is 29.1 Å². The summed E-state index contributed by atoms with van der Waals surface area (Å²) in [5, 5.41) is 14.7. The molecule has 0 bridgehead atoms. The van der Waals surface area contributed by atoms with E-state index in [4.69, 9.17) is 0 Å². The number of aromatic nitrogens is 2. The third-order valence-corrected chi connectivity index (χ3v) is 5.86. The van der Waals surface area contributed by atoms with Gasteiger partial charge in [0.05, 0.1) is 0 Å². The van der Waals surface area contributed by atoms with Crippen LogP contribution in [0, 0.1) is 5.21 Å². The lowest BCUT2D eigenvalue weighted by atomic mass is 9.87. The van der Waals surface area contributed by atoms with Gasteiger partial charge in [-0.05, 0) is 53.3 Å². The summed E-state index contributed by atoms with van der Waals surface area (Å²) in [6.45, 7) is -5.75. The highest BCUT2D eigenvalue weighted by Crippen LogP contribution is 2.37. The van der Waals surface area contributed by atoms with Crippen LogP contribution in [0.5, 0.6) is 11.5 Å². The van der Waals surface area contributed by atoms with E-state index < -0.39 is 30.6 Å². The first-order chi connectivity index (χ1) is 18.4. The molecule has 0 amide bonds. The average Bonchev–Trinajstić information content (AvgIpc) is 2.90. The summed E-state index contributed by atoms with van der Waals surface area (Å²) < 4.78 is 61.1. The van der Waals surface area contributed by atoms with Crippen LogP contribution in [0.15, 0.2) is 91.4 Å². The van der Waals surface area contributed by atoms with Gasteiger partial charge in [-0.3, -0.25) is 0 Å². The number of alkyl halides is 4. The second-order valence-corrected chi connectivity index (χ2v) is 8.43. The molecule has 0 radical (unpaired) electrons. The van der Waals surface area contributed by atoms with Crippen LogP contribution in [-0.4, -0.2) is 24.8 Å². The summed E-state index contributed by atoms with van der Waals surface area (Å²) in [4.78, 5) is 4.50. The maximum absolute atomic E-state index is 13.0. The average molecular weight is 528 g/mol. The largest absolute Gasteiger partial charge is 0.619 e. The number of hydrogen-bond donors (Lipinski definition) is 1. The summed E-state index contributed by atoms with van der Waals surface area (Å²) >= 11 is 0. The Balaban J connectivity index is 1.59. The van der Waals surface area contributed by atoms with E-state index in [1.165, 1.54) is 36.2 Å². The third kappa shape index (κ3) is 7.58. The lowest BCUT2D eigenvalue weighted by Crippen LogP contribution is -2.24. The molecule has 0 fully saturated rings. The van der Waals surface area contributed by atoms with Gasteiger partial charge in [0.15, 0.2) is 23.9 Å². The Kier molecular flexibility index (Phi) is 8.97. The number of halogens is 4. The van der Waals surface area contributed by atoms with Gasteiger partial charge in [0, 0.05) is 30.8 Å². The van der Waals surface area contributed by atoms with Crippen LogP contribution in [0.1, 0.15) is 28.2 Å². The Morgan fingerprint density at radius 3 is 2.13 bits per heavy atom. The Morgan fingerprint density at radius 2 is 1.47 bits per heavy atom. The lowest BCUT2D eigenvalue weighted by molar-refractivity contribution is -0.605. The van der Waals surface area contributed by atoms with Gasteiger partial charge in [-0.2, -0.15) is 22.3 Å².